The minimum atomic E-state index is -0.782. The largest absolute Gasteiger partial charge is 0.303 e. The van der Waals surface area contributed by atoms with Gasteiger partial charge < -0.3 is 4.79 Å². The van der Waals surface area contributed by atoms with Crippen LogP contribution in [0, 0.1) is 34.5 Å². The van der Waals surface area contributed by atoms with Gasteiger partial charge in [-0.3, -0.25) is 19.2 Å². The molecular formula is C42H46O5. The van der Waals surface area contributed by atoms with Gasteiger partial charge in [0.15, 0.2) is 23.1 Å². The SMILES string of the molecule is CC1=CCCC2=CC(CC(C)=CCC3=CC(=O)C(=CC3=O)C1)C1(C=O)CC3C=C4CCC=C(C)CC5=CC(=O)C3(CC1C2)C(C4)C5=O. The van der Waals surface area contributed by atoms with Crippen molar-refractivity contribution in [1.29, 1.82) is 0 Å². The predicted octanol–water partition coefficient (Wildman–Crippen LogP) is 8.15. The first-order valence-electron chi connectivity index (χ1n) is 17.6. The highest BCUT2D eigenvalue weighted by Gasteiger charge is 2.65. The minimum Gasteiger partial charge on any atom is -0.303 e. The van der Waals surface area contributed by atoms with E-state index in [1.807, 2.05) is 13.0 Å². The third kappa shape index (κ3) is 5.44. The first-order valence-corrected chi connectivity index (χ1v) is 17.6. The van der Waals surface area contributed by atoms with Crippen molar-refractivity contribution in [2.24, 2.45) is 34.5 Å². The zero-order valence-corrected chi connectivity index (χ0v) is 28.0. The molecule has 1 saturated carbocycles. The number of hydrogen-bond donors (Lipinski definition) is 0. The summed E-state index contributed by atoms with van der Waals surface area (Å²) in [5, 5.41) is 0. The number of rotatable bonds is 1. The van der Waals surface area contributed by atoms with Crippen LogP contribution in [0.3, 0.4) is 0 Å². The van der Waals surface area contributed by atoms with Crippen LogP contribution in [0.4, 0.5) is 0 Å². The lowest BCUT2D eigenvalue weighted by atomic mass is 9.41. The maximum absolute atomic E-state index is 14.4. The van der Waals surface area contributed by atoms with Crippen LogP contribution in [-0.2, 0) is 24.0 Å². The number of hydrogen-bond acceptors (Lipinski definition) is 5. The third-order valence-corrected chi connectivity index (χ3v) is 12.7. The summed E-state index contributed by atoms with van der Waals surface area (Å²) in [5.74, 6) is -0.529. The van der Waals surface area contributed by atoms with Crippen molar-refractivity contribution in [2.45, 2.75) is 97.8 Å². The van der Waals surface area contributed by atoms with Crippen LogP contribution in [0.15, 0.2) is 93.2 Å². The van der Waals surface area contributed by atoms with E-state index in [1.54, 1.807) is 6.08 Å². The average molecular weight is 631 g/mol. The van der Waals surface area contributed by atoms with E-state index < -0.39 is 10.8 Å². The number of ketones is 4. The minimum absolute atomic E-state index is 0.0280. The molecule has 6 unspecified atom stereocenters. The van der Waals surface area contributed by atoms with Crippen LogP contribution >= 0.6 is 0 Å². The van der Waals surface area contributed by atoms with Crippen molar-refractivity contribution in [3.63, 3.8) is 0 Å². The van der Waals surface area contributed by atoms with Gasteiger partial charge >= 0.3 is 0 Å². The molecule has 8 rings (SSSR count). The Labute approximate surface area is 278 Å². The summed E-state index contributed by atoms with van der Waals surface area (Å²) in [6.07, 6.45) is 25.1. The summed E-state index contributed by atoms with van der Waals surface area (Å²) in [7, 11) is 0. The molecule has 0 saturated heterocycles. The van der Waals surface area contributed by atoms with Crippen molar-refractivity contribution >= 4 is 29.4 Å². The van der Waals surface area contributed by atoms with Gasteiger partial charge in [0.2, 0.25) is 0 Å². The van der Waals surface area contributed by atoms with Crippen LogP contribution in [0.5, 0.6) is 0 Å². The molecule has 8 aliphatic carbocycles. The van der Waals surface area contributed by atoms with Gasteiger partial charge in [0, 0.05) is 33.5 Å². The standard InChI is InChI=1S/C42H46O5/c1-25-6-4-8-28-15-33(14-27(3)10-11-30-19-38(45)31(12-25)20-37(30)44)41(24-43)22-35-17-29-9-5-7-26(2)13-32-21-39(46)42(35,23-34(41)16-28)36(18-29)40(32)47/h6-7,10,15,17,19-21,24,33-36H,4-5,8-9,11-14,16,18,22-23H2,1-3H3. The number of Topliss-reactive ketones (excluding diaryl/α,β-unsaturated/α-hetero) is 1. The highest BCUT2D eigenvalue weighted by Crippen LogP contribution is 2.66. The zero-order valence-electron chi connectivity index (χ0n) is 28.0. The van der Waals surface area contributed by atoms with Crippen molar-refractivity contribution in [1.82, 2.24) is 0 Å². The number of fused-ring (bicyclic) bond motifs is 10. The van der Waals surface area contributed by atoms with E-state index in [1.165, 1.54) is 29.6 Å². The molecule has 0 aromatic heterocycles. The molecule has 5 heteroatoms. The fourth-order valence-electron chi connectivity index (χ4n) is 10.2. The molecule has 0 aromatic carbocycles. The molecule has 0 aliphatic heterocycles. The van der Waals surface area contributed by atoms with E-state index in [2.05, 4.69) is 38.2 Å². The summed E-state index contributed by atoms with van der Waals surface area (Å²) in [6.45, 7) is 6.13. The second-order valence-corrected chi connectivity index (χ2v) is 15.7. The first kappa shape index (κ1) is 31.8. The van der Waals surface area contributed by atoms with E-state index in [4.69, 9.17) is 0 Å². The summed E-state index contributed by atoms with van der Waals surface area (Å²) < 4.78 is 0. The lowest BCUT2D eigenvalue weighted by Crippen LogP contribution is -2.60. The molecule has 0 radical (unpaired) electrons. The maximum atomic E-state index is 14.4. The van der Waals surface area contributed by atoms with Crippen molar-refractivity contribution < 1.29 is 24.0 Å². The summed E-state index contributed by atoms with van der Waals surface area (Å²) in [4.78, 5) is 68.0. The fourth-order valence-corrected chi connectivity index (χ4v) is 10.2. The molecule has 47 heavy (non-hydrogen) atoms. The van der Waals surface area contributed by atoms with E-state index in [9.17, 15) is 24.0 Å². The van der Waals surface area contributed by atoms with Crippen LogP contribution < -0.4 is 0 Å². The van der Waals surface area contributed by atoms with Crippen LogP contribution in [0.2, 0.25) is 0 Å². The smallest absolute Gasteiger partial charge is 0.182 e. The second-order valence-electron chi connectivity index (χ2n) is 15.7. The normalized spacial score (nSPS) is 36.0. The van der Waals surface area contributed by atoms with Gasteiger partial charge in [-0.2, -0.15) is 0 Å². The van der Waals surface area contributed by atoms with E-state index in [-0.39, 0.29) is 46.8 Å². The first-order chi connectivity index (χ1) is 22.5. The number of carbonyl (C=O) groups is 5. The molecule has 0 aromatic rings. The Bertz CT molecular complexity index is 1730. The Morgan fingerprint density at radius 1 is 0.681 bits per heavy atom. The van der Waals surface area contributed by atoms with Gasteiger partial charge in [-0.25, -0.2) is 0 Å². The monoisotopic (exact) mass is 630 g/mol. The van der Waals surface area contributed by atoms with E-state index >= 15 is 0 Å². The van der Waals surface area contributed by atoms with E-state index in [0.717, 1.165) is 48.8 Å². The lowest BCUT2D eigenvalue weighted by Gasteiger charge is -2.60. The predicted molar refractivity (Wildman–Crippen MR) is 182 cm³/mol. The average Bonchev–Trinajstić information content (AvgIpc) is 3.02. The molecule has 244 valence electrons. The molecule has 0 heterocycles. The van der Waals surface area contributed by atoms with Crippen LogP contribution in [0.25, 0.3) is 0 Å². The van der Waals surface area contributed by atoms with E-state index in [0.29, 0.717) is 61.7 Å². The van der Waals surface area contributed by atoms with Crippen molar-refractivity contribution in [3.05, 3.63) is 93.2 Å². The maximum Gasteiger partial charge on any atom is 0.182 e. The molecule has 5 nitrogen and oxygen atoms in total. The second kappa shape index (κ2) is 12.1. The topological polar surface area (TPSA) is 85.3 Å². The fraction of sp³-hybridized carbons (Fsp3) is 0.500. The molecule has 1 fully saturated rings. The lowest BCUT2D eigenvalue weighted by molar-refractivity contribution is -0.156. The highest BCUT2D eigenvalue weighted by atomic mass is 16.1. The molecular weight excluding hydrogens is 584 g/mol. The summed E-state index contributed by atoms with van der Waals surface area (Å²) >= 11 is 0. The molecule has 0 amide bonds. The van der Waals surface area contributed by atoms with Gasteiger partial charge in [0.05, 0.1) is 0 Å². The number of carbonyl (C=O) groups excluding carboxylic acids is 5. The van der Waals surface area contributed by atoms with Crippen molar-refractivity contribution in [2.75, 3.05) is 0 Å². The summed E-state index contributed by atoms with van der Waals surface area (Å²) in [6, 6.07) is 0. The summed E-state index contributed by atoms with van der Waals surface area (Å²) in [5.41, 5.74) is 6.15. The Hall–Kier alpha value is -3.73. The van der Waals surface area contributed by atoms with Gasteiger partial charge in [-0.1, -0.05) is 58.2 Å². The highest BCUT2D eigenvalue weighted by molar-refractivity contribution is 6.20. The zero-order chi connectivity index (χ0) is 33.1. The van der Waals surface area contributed by atoms with Crippen LogP contribution in [0.1, 0.15) is 97.8 Å². The van der Waals surface area contributed by atoms with Crippen molar-refractivity contribution in [3.8, 4) is 0 Å². The van der Waals surface area contributed by atoms with Crippen LogP contribution in [-0.4, -0.2) is 29.4 Å². The molecule has 1 spiro atoms. The van der Waals surface area contributed by atoms with Gasteiger partial charge in [-0.15, -0.1) is 0 Å². The third-order valence-electron chi connectivity index (χ3n) is 12.7. The Balaban J connectivity index is 1.30. The Morgan fingerprint density at radius 2 is 1.32 bits per heavy atom. The number of aldehydes is 1. The Morgan fingerprint density at radius 3 is 2.04 bits per heavy atom. The Kier molecular flexibility index (Phi) is 8.17. The van der Waals surface area contributed by atoms with Gasteiger partial charge in [0.1, 0.15) is 6.29 Å². The van der Waals surface area contributed by atoms with Gasteiger partial charge in [-0.05, 0) is 134 Å². The molecule has 8 aliphatic rings. The number of allylic oxidation sites excluding steroid dienone is 16. The molecule has 6 atom stereocenters. The molecule has 0 N–H and O–H groups in total. The molecule has 7 bridgehead atoms. The quantitative estimate of drug-likeness (QED) is 0.166. The van der Waals surface area contributed by atoms with Gasteiger partial charge in [0.25, 0.3) is 0 Å².